The van der Waals surface area contributed by atoms with Crippen molar-refractivity contribution in [1.82, 2.24) is 4.98 Å². The first-order valence-corrected chi connectivity index (χ1v) is 12.9. The molecule has 2 aromatic rings. The largest absolute Gasteiger partial charge is 0.633 e. The van der Waals surface area contributed by atoms with E-state index in [2.05, 4.69) is 54.4 Å². The molecule has 3 aliphatic carbocycles. The summed E-state index contributed by atoms with van der Waals surface area (Å²) in [6.45, 7) is 2.46. The van der Waals surface area contributed by atoms with E-state index in [4.69, 9.17) is 4.74 Å². The molecule has 0 N–H and O–H groups in total. The summed E-state index contributed by atoms with van der Waals surface area (Å²) in [5.41, 5.74) is 5.30. The molecule has 2 fully saturated rings. The van der Waals surface area contributed by atoms with Crippen LogP contribution in [-0.4, -0.2) is 41.0 Å². The fourth-order valence-electron chi connectivity index (χ4n) is 8.19. The predicted octanol–water partition coefficient (Wildman–Crippen LogP) is 6.33. The van der Waals surface area contributed by atoms with Crippen LogP contribution in [0.5, 0.6) is 0 Å². The molecule has 1 aromatic carbocycles. The first-order valence-electron chi connectivity index (χ1n) is 12.9. The molecule has 5 aliphatic rings. The highest BCUT2D eigenvalue weighted by Gasteiger charge is 2.65. The van der Waals surface area contributed by atoms with Crippen LogP contribution in [0.1, 0.15) is 57.4 Å². The molecule has 1 saturated carbocycles. The van der Waals surface area contributed by atoms with Gasteiger partial charge in [0.15, 0.2) is 0 Å². The van der Waals surface area contributed by atoms with E-state index >= 15 is 0 Å². The summed E-state index contributed by atoms with van der Waals surface area (Å²) in [7, 11) is 3.61. The molecule has 176 valence electrons. The Labute approximate surface area is 202 Å². The first kappa shape index (κ1) is 21.0. The number of rotatable bonds is 2. The van der Waals surface area contributed by atoms with Crippen molar-refractivity contribution in [1.29, 1.82) is 0 Å². The molecule has 0 radical (unpaired) electrons. The van der Waals surface area contributed by atoms with Crippen LogP contribution in [0.4, 0.5) is 0 Å². The zero-order chi connectivity index (χ0) is 23.3. The van der Waals surface area contributed by atoms with Gasteiger partial charge in [0.05, 0.1) is 31.3 Å². The maximum atomic E-state index is 12.9. The second-order valence-corrected chi connectivity index (χ2v) is 12.1. The number of allylic oxidation sites excluding steroid dienone is 3. The summed E-state index contributed by atoms with van der Waals surface area (Å²) < 4.78 is 7.10. The predicted molar refractivity (Wildman–Crippen MR) is 136 cm³/mol. The molecule has 2 spiro atoms. The standard InChI is InChI=1S/C30H34N2O2/c1-28-12-10-24-17-23-6-7-25(32(2,3)33)18-29(23)13-14-30(24,34-29)27(28)9-8-26(28)21-4-5-22-19-31-15-11-20(22)16-21/h4-5,8,10-11,15-17,19,25,27H,6-7,9,12-14,18H2,1-3H3/t25-,27-,28-,29-,30-/m1/s1. The number of hydrogen-bond donors (Lipinski definition) is 0. The van der Waals surface area contributed by atoms with Gasteiger partial charge in [-0.05, 0) is 71.9 Å². The molecule has 2 bridgehead atoms. The van der Waals surface area contributed by atoms with E-state index in [1.54, 1.807) is 14.1 Å². The van der Waals surface area contributed by atoms with Crippen LogP contribution in [0.25, 0.3) is 16.3 Å². The molecule has 1 saturated heterocycles. The van der Waals surface area contributed by atoms with Gasteiger partial charge < -0.3 is 14.6 Å². The monoisotopic (exact) mass is 454 g/mol. The highest BCUT2D eigenvalue weighted by atomic mass is 16.5. The van der Waals surface area contributed by atoms with E-state index in [0.717, 1.165) is 44.9 Å². The lowest BCUT2D eigenvalue weighted by atomic mass is 9.58. The third-order valence-electron chi connectivity index (χ3n) is 10.1. The van der Waals surface area contributed by atoms with Gasteiger partial charge >= 0.3 is 0 Å². The van der Waals surface area contributed by atoms with E-state index in [-0.39, 0.29) is 27.3 Å². The average molecular weight is 455 g/mol. The lowest BCUT2D eigenvalue weighted by molar-refractivity contribution is -0.869. The molecule has 34 heavy (non-hydrogen) atoms. The molecule has 5 atom stereocenters. The Balaban J connectivity index is 1.27. The minimum Gasteiger partial charge on any atom is -0.633 e. The van der Waals surface area contributed by atoms with Gasteiger partial charge in [0.25, 0.3) is 0 Å². The summed E-state index contributed by atoms with van der Waals surface area (Å²) in [6, 6.07) is 9.05. The number of hydroxylamine groups is 3. The highest BCUT2D eigenvalue weighted by molar-refractivity contribution is 5.87. The number of ether oxygens (including phenoxy) is 1. The molecular weight excluding hydrogens is 420 g/mol. The van der Waals surface area contributed by atoms with E-state index in [0.29, 0.717) is 5.92 Å². The SMILES string of the molecule is C[C@]12CC=C3C=C4CC[C@@H]([N+](C)(C)[O-])C[C@]45CC[C@]3(O5)[C@@H]1CC=C2c1ccc2cnccc2c1. The van der Waals surface area contributed by atoms with Crippen molar-refractivity contribution >= 4 is 16.3 Å². The van der Waals surface area contributed by atoms with Crippen molar-refractivity contribution in [3.8, 4) is 0 Å². The first-order chi connectivity index (χ1) is 16.2. The van der Waals surface area contributed by atoms with Crippen LogP contribution in [-0.2, 0) is 4.74 Å². The Bertz CT molecular complexity index is 1300. The zero-order valence-corrected chi connectivity index (χ0v) is 20.5. The minimum atomic E-state index is -0.225. The third kappa shape index (κ3) is 2.68. The van der Waals surface area contributed by atoms with Crippen LogP contribution >= 0.6 is 0 Å². The van der Waals surface area contributed by atoms with E-state index in [9.17, 15) is 5.21 Å². The van der Waals surface area contributed by atoms with Gasteiger partial charge in [-0.15, -0.1) is 0 Å². The quantitative estimate of drug-likeness (QED) is 0.393. The summed E-state index contributed by atoms with van der Waals surface area (Å²) >= 11 is 0. The van der Waals surface area contributed by atoms with Crippen LogP contribution < -0.4 is 0 Å². The summed E-state index contributed by atoms with van der Waals surface area (Å²) in [5.74, 6) is 0.440. The van der Waals surface area contributed by atoms with Gasteiger partial charge in [-0.2, -0.15) is 0 Å². The van der Waals surface area contributed by atoms with E-state index in [1.165, 1.54) is 33.1 Å². The Morgan fingerprint density at radius 2 is 2.00 bits per heavy atom. The van der Waals surface area contributed by atoms with Gasteiger partial charge in [-0.1, -0.05) is 37.3 Å². The molecule has 2 aliphatic heterocycles. The minimum absolute atomic E-state index is 0.0585. The maximum Gasteiger partial charge on any atom is 0.0980 e. The topological polar surface area (TPSA) is 45.2 Å². The van der Waals surface area contributed by atoms with Gasteiger partial charge in [0.1, 0.15) is 0 Å². The number of aromatic nitrogens is 1. The van der Waals surface area contributed by atoms with Gasteiger partial charge in [-0.25, -0.2) is 0 Å². The second kappa shape index (κ2) is 6.69. The summed E-state index contributed by atoms with van der Waals surface area (Å²) in [5, 5.41) is 15.3. The molecule has 3 heterocycles. The van der Waals surface area contributed by atoms with Gasteiger partial charge in [0.2, 0.25) is 0 Å². The number of nitrogens with zero attached hydrogens (tertiary/aromatic N) is 2. The molecule has 0 amide bonds. The molecule has 0 unspecified atom stereocenters. The molecule has 1 aromatic heterocycles. The van der Waals surface area contributed by atoms with E-state index in [1.807, 2.05) is 12.4 Å². The Kier molecular flexibility index (Phi) is 4.14. The number of quaternary nitrogens is 1. The van der Waals surface area contributed by atoms with Crippen LogP contribution in [0.3, 0.4) is 0 Å². The van der Waals surface area contributed by atoms with Crippen molar-refractivity contribution < 1.29 is 9.38 Å². The van der Waals surface area contributed by atoms with Crippen molar-refractivity contribution in [3.63, 3.8) is 0 Å². The fourth-order valence-corrected chi connectivity index (χ4v) is 8.19. The highest BCUT2D eigenvalue weighted by Crippen LogP contribution is 2.67. The van der Waals surface area contributed by atoms with E-state index < -0.39 is 0 Å². The third-order valence-corrected chi connectivity index (χ3v) is 10.1. The Morgan fingerprint density at radius 3 is 2.85 bits per heavy atom. The summed E-state index contributed by atoms with van der Waals surface area (Å²) in [6.07, 6.45) is 18.4. The number of pyridine rings is 1. The number of benzene rings is 1. The van der Waals surface area contributed by atoms with Crippen LogP contribution in [0, 0.1) is 16.5 Å². The fraction of sp³-hybridized carbons (Fsp3) is 0.500. The normalized spacial score (nSPS) is 38.5. The maximum absolute atomic E-state index is 12.9. The Morgan fingerprint density at radius 1 is 1.12 bits per heavy atom. The lowest BCUT2D eigenvalue weighted by Gasteiger charge is -2.55. The number of hydrogen-bond acceptors (Lipinski definition) is 3. The molecule has 4 nitrogen and oxygen atoms in total. The van der Waals surface area contributed by atoms with Crippen molar-refractivity contribution in [2.75, 3.05) is 14.1 Å². The second-order valence-electron chi connectivity index (χ2n) is 12.1. The van der Waals surface area contributed by atoms with Crippen molar-refractivity contribution in [2.24, 2.45) is 11.3 Å². The smallest absolute Gasteiger partial charge is 0.0980 e. The van der Waals surface area contributed by atoms with Crippen LogP contribution in [0.15, 0.2) is 66.0 Å². The van der Waals surface area contributed by atoms with Gasteiger partial charge in [0, 0.05) is 42.0 Å². The van der Waals surface area contributed by atoms with Gasteiger partial charge in [-0.3, -0.25) is 4.98 Å². The molecule has 4 heteroatoms. The average Bonchev–Trinajstić information content (AvgIpc) is 3.33. The zero-order valence-electron chi connectivity index (χ0n) is 20.5. The Hall–Kier alpha value is -2.27. The lowest BCUT2D eigenvalue weighted by Crippen LogP contribution is -2.56. The number of fused-ring (bicyclic) bond motifs is 2. The molecular formula is C30H34N2O2. The molecule has 7 rings (SSSR count). The summed E-state index contributed by atoms with van der Waals surface area (Å²) in [4.78, 5) is 4.28. The van der Waals surface area contributed by atoms with Crippen LogP contribution in [0.2, 0.25) is 0 Å². The van der Waals surface area contributed by atoms with Crippen molar-refractivity contribution in [3.05, 3.63) is 76.8 Å². The van der Waals surface area contributed by atoms with Crippen molar-refractivity contribution in [2.45, 2.75) is 69.1 Å².